The van der Waals surface area contributed by atoms with Crippen molar-refractivity contribution >= 4 is 23.7 Å². The Kier molecular flexibility index (Phi) is 10.3. The third-order valence-electron chi connectivity index (χ3n) is 8.82. The molecular weight excluding hydrogens is 630 g/mol. The van der Waals surface area contributed by atoms with Crippen LogP contribution in [-0.4, -0.2) is 51.1 Å². The lowest BCUT2D eigenvalue weighted by Gasteiger charge is -2.23. The Morgan fingerprint density at radius 2 is 1.61 bits per heavy atom. The van der Waals surface area contributed by atoms with Crippen molar-refractivity contribution in [1.82, 2.24) is 21.0 Å². The molecule has 14 nitrogen and oxygen atoms in total. The van der Waals surface area contributed by atoms with Gasteiger partial charge in [-0.05, 0) is 47.1 Å². The second-order valence-corrected chi connectivity index (χ2v) is 12.2. The molecule has 14 heteroatoms. The van der Waals surface area contributed by atoms with E-state index in [1.54, 1.807) is 24.3 Å². The predicted octanol–water partition coefficient (Wildman–Crippen LogP) is 5.60. The van der Waals surface area contributed by atoms with Gasteiger partial charge in [0.25, 0.3) is 11.0 Å². The Hall–Kier alpha value is -5.50. The lowest BCUT2D eigenvalue weighted by Crippen LogP contribution is -2.43. The fraction of sp³-hybridized carbons (Fsp3) is 0.371. The molecule has 0 saturated heterocycles. The molecule has 3 aliphatic rings. The zero-order valence-corrected chi connectivity index (χ0v) is 27.3. The van der Waals surface area contributed by atoms with Crippen LogP contribution in [0.4, 0.5) is 4.79 Å². The number of hydrogen-bond donors (Lipinski definition) is 2. The number of amidine groups is 2. The summed E-state index contributed by atoms with van der Waals surface area (Å²) in [6, 6.07) is 22.7. The molecule has 0 radical (unpaired) electrons. The van der Waals surface area contributed by atoms with Crippen LogP contribution in [-0.2, 0) is 38.9 Å². The number of carbonyl (C=O) groups excluding carboxylic acids is 2. The van der Waals surface area contributed by atoms with E-state index in [0.29, 0.717) is 23.5 Å². The van der Waals surface area contributed by atoms with E-state index in [1.165, 1.54) is 5.12 Å². The first kappa shape index (κ1) is 33.4. The first-order valence-electron chi connectivity index (χ1n) is 16.5. The molecule has 0 unspecified atom stereocenters. The number of amides is 1. The van der Waals surface area contributed by atoms with Crippen molar-refractivity contribution in [2.45, 2.75) is 77.2 Å². The predicted molar refractivity (Wildman–Crippen MR) is 180 cm³/mol. The van der Waals surface area contributed by atoms with Crippen molar-refractivity contribution in [2.75, 3.05) is 6.73 Å². The molecule has 256 valence electrons. The van der Waals surface area contributed by atoms with Crippen LogP contribution in [0.15, 0.2) is 82.9 Å². The largest absolute Gasteiger partial charge is 0.510 e. The Bertz CT molecular complexity index is 1720. The normalized spacial score (nSPS) is 16.6. The zero-order valence-electron chi connectivity index (χ0n) is 27.3. The molecule has 1 amide bonds. The molecular formula is C35H39N7O7. The van der Waals surface area contributed by atoms with E-state index in [9.17, 15) is 19.7 Å². The van der Waals surface area contributed by atoms with E-state index in [0.717, 1.165) is 73.0 Å². The van der Waals surface area contributed by atoms with Crippen LogP contribution in [0.25, 0.3) is 11.1 Å². The summed E-state index contributed by atoms with van der Waals surface area (Å²) in [6.07, 6.45) is 5.81. The van der Waals surface area contributed by atoms with E-state index in [1.807, 2.05) is 29.2 Å². The number of aliphatic imine (C=N–C) groups is 1. The van der Waals surface area contributed by atoms with Gasteiger partial charge in [0.1, 0.15) is 24.6 Å². The maximum absolute atomic E-state index is 13.6. The van der Waals surface area contributed by atoms with Gasteiger partial charge >= 0.3 is 6.16 Å². The molecule has 3 aromatic rings. The first-order valence-corrected chi connectivity index (χ1v) is 16.5. The van der Waals surface area contributed by atoms with E-state index < -0.39 is 16.8 Å². The lowest BCUT2D eigenvalue weighted by molar-refractivity contribution is -0.763. The number of hydrazone groups is 1. The van der Waals surface area contributed by atoms with Gasteiger partial charge in [-0.3, -0.25) is 20.1 Å². The van der Waals surface area contributed by atoms with Crippen molar-refractivity contribution in [2.24, 2.45) is 10.1 Å². The third-order valence-corrected chi connectivity index (χ3v) is 8.82. The van der Waals surface area contributed by atoms with E-state index in [2.05, 4.69) is 52.1 Å². The highest BCUT2D eigenvalue weighted by molar-refractivity contribution is 6.08. The van der Waals surface area contributed by atoms with E-state index in [-0.39, 0.29) is 25.9 Å². The van der Waals surface area contributed by atoms with Crippen LogP contribution < -0.4 is 11.0 Å². The fourth-order valence-electron chi connectivity index (χ4n) is 6.24. The summed E-state index contributed by atoms with van der Waals surface area (Å²) in [4.78, 5) is 47.4. The molecule has 1 aliphatic carbocycles. The second kappa shape index (κ2) is 15.2. The van der Waals surface area contributed by atoms with Crippen LogP contribution in [0.3, 0.4) is 0 Å². The maximum Gasteiger partial charge on any atom is 0.510 e. The van der Waals surface area contributed by atoms with Gasteiger partial charge in [-0.2, -0.15) is 0 Å². The average Bonchev–Trinajstić information content (AvgIpc) is 3.86. The number of nitrogens with zero attached hydrogens (tertiary/aromatic N) is 5. The lowest BCUT2D eigenvalue weighted by atomic mass is 9.97. The average molecular weight is 670 g/mol. The van der Waals surface area contributed by atoms with Gasteiger partial charge in [-0.25, -0.2) is 10.3 Å². The summed E-state index contributed by atoms with van der Waals surface area (Å²) in [5, 5.41) is 15.3. The van der Waals surface area contributed by atoms with E-state index >= 15 is 0 Å². The fourth-order valence-corrected chi connectivity index (χ4v) is 6.24. The van der Waals surface area contributed by atoms with Gasteiger partial charge in [0.15, 0.2) is 12.6 Å². The summed E-state index contributed by atoms with van der Waals surface area (Å²) in [6.45, 7) is 2.27. The molecule has 6 rings (SSSR count). The van der Waals surface area contributed by atoms with Crippen LogP contribution in [0, 0.1) is 10.1 Å². The van der Waals surface area contributed by atoms with Crippen LogP contribution in [0.2, 0.25) is 0 Å². The number of carbonyl (C=O) groups is 2. The molecule has 0 atom stereocenters. The van der Waals surface area contributed by atoms with Crippen molar-refractivity contribution in [3.05, 3.63) is 105 Å². The van der Waals surface area contributed by atoms with Crippen molar-refractivity contribution < 1.29 is 29.0 Å². The number of nitrogens with one attached hydrogen (secondary N) is 2. The smallest absolute Gasteiger partial charge is 0.429 e. The molecule has 1 saturated carbocycles. The van der Waals surface area contributed by atoms with Crippen LogP contribution in [0.5, 0.6) is 0 Å². The van der Waals surface area contributed by atoms with Gasteiger partial charge < -0.3 is 14.3 Å². The number of hydrogen-bond acceptors (Lipinski definition) is 12. The highest BCUT2D eigenvalue weighted by Gasteiger charge is 2.49. The molecule has 49 heavy (non-hydrogen) atoms. The topological polar surface area (TPSA) is 160 Å². The standard InChI is InChI=1S/C35H39N7O7/c1-2-3-10-31-36-35(19-6-7-20-35)33(43)40(31)21-25-15-17-28(18-16-25)29-8-4-5-9-30(29)32-37-39-41(38-32)24-48-34(44)47-22-26-11-13-27(14-12-26)23-49-42(45)46/h4-5,8-9,11-18,39H,2-3,6-7,10,19-24H2,1H3,(H,37,38). The number of unbranched alkanes of at least 4 members (excludes halogenated alkanes) is 1. The zero-order chi connectivity index (χ0) is 34.2. The van der Waals surface area contributed by atoms with Crippen molar-refractivity contribution in [1.29, 1.82) is 0 Å². The van der Waals surface area contributed by atoms with Crippen molar-refractivity contribution in [3.8, 4) is 11.1 Å². The number of ether oxygens (including phenoxy) is 2. The van der Waals surface area contributed by atoms with Crippen molar-refractivity contribution in [3.63, 3.8) is 0 Å². The van der Waals surface area contributed by atoms with E-state index in [4.69, 9.17) is 14.5 Å². The Morgan fingerprint density at radius 3 is 2.31 bits per heavy atom. The Morgan fingerprint density at radius 1 is 0.939 bits per heavy atom. The van der Waals surface area contributed by atoms with Gasteiger partial charge in [0.05, 0.1) is 6.54 Å². The quantitative estimate of drug-likeness (QED) is 0.126. The molecule has 0 bridgehead atoms. The minimum atomic E-state index is -0.879. The van der Waals surface area contributed by atoms with Gasteiger partial charge in [-0.1, -0.05) is 104 Å². The molecule has 2 N–H and O–H groups in total. The van der Waals surface area contributed by atoms with Gasteiger partial charge in [0, 0.05) is 12.0 Å². The second-order valence-electron chi connectivity index (χ2n) is 12.2. The number of benzene rings is 3. The molecule has 3 aromatic carbocycles. The number of rotatable bonds is 14. The minimum Gasteiger partial charge on any atom is -0.429 e. The summed E-state index contributed by atoms with van der Waals surface area (Å²) in [7, 11) is 0. The molecule has 2 aliphatic heterocycles. The summed E-state index contributed by atoms with van der Waals surface area (Å²) < 4.78 is 10.4. The summed E-state index contributed by atoms with van der Waals surface area (Å²) in [5.74, 6) is 1.62. The van der Waals surface area contributed by atoms with Gasteiger partial charge in [0.2, 0.25) is 0 Å². The summed E-state index contributed by atoms with van der Waals surface area (Å²) in [5.41, 5.74) is 10.5. The molecule has 1 fully saturated rings. The summed E-state index contributed by atoms with van der Waals surface area (Å²) >= 11 is 0. The highest BCUT2D eigenvalue weighted by atomic mass is 16.9. The molecule has 0 aromatic heterocycles. The first-order chi connectivity index (χ1) is 23.8. The van der Waals surface area contributed by atoms with Crippen LogP contribution >= 0.6 is 0 Å². The Balaban J connectivity index is 1.02. The molecule has 2 heterocycles. The molecule has 1 spiro atoms. The number of hydrazine groups is 2. The third kappa shape index (κ3) is 7.97. The maximum atomic E-state index is 13.6. The van der Waals surface area contributed by atoms with Crippen LogP contribution in [0.1, 0.15) is 74.1 Å². The monoisotopic (exact) mass is 669 g/mol. The minimum absolute atomic E-state index is 0.0350. The highest BCUT2D eigenvalue weighted by Crippen LogP contribution is 2.40. The Labute approximate surface area is 283 Å². The SMILES string of the molecule is CCCCC1=NC2(CCCC2)C(=O)N1Cc1ccc(-c2ccccc2C2=NNN(COC(=O)OCc3ccc(CO[N+](=O)[O-])cc3)N2)cc1. The van der Waals surface area contributed by atoms with Gasteiger partial charge in [-0.15, -0.1) is 15.2 Å².